The van der Waals surface area contributed by atoms with Gasteiger partial charge in [0.1, 0.15) is 5.82 Å². The maximum absolute atomic E-state index is 4.28. The van der Waals surface area contributed by atoms with E-state index in [1.807, 2.05) is 6.92 Å². The van der Waals surface area contributed by atoms with E-state index in [2.05, 4.69) is 32.7 Å². The molecule has 1 aromatic rings. The Morgan fingerprint density at radius 3 is 3.00 bits per heavy atom. The average molecular weight is 218 g/mol. The second-order valence-corrected chi connectivity index (χ2v) is 5.01. The zero-order valence-electron chi connectivity index (χ0n) is 9.61. The van der Waals surface area contributed by atoms with Crippen LogP contribution < -0.4 is 5.32 Å². The van der Waals surface area contributed by atoms with Crippen molar-refractivity contribution >= 4 is 0 Å². The minimum absolute atomic E-state index is 0.780. The Bertz CT molecular complexity index is 395. The van der Waals surface area contributed by atoms with Crippen molar-refractivity contribution in [2.75, 3.05) is 6.54 Å². The minimum atomic E-state index is 0.780. The van der Waals surface area contributed by atoms with Crippen molar-refractivity contribution in [3.05, 3.63) is 23.8 Å². The summed E-state index contributed by atoms with van der Waals surface area (Å²) in [5.74, 6) is 4.28. The summed E-state index contributed by atoms with van der Waals surface area (Å²) in [4.78, 5) is 4.28. The van der Waals surface area contributed by atoms with Crippen LogP contribution in [0.3, 0.4) is 0 Å². The highest BCUT2D eigenvalue weighted by Crippen LogP contribution is 2.42. The smallest absolute Gasteiger partial charge is 0.164 e. The van der Waals surface area contributed by atoms with Crippen molar-refractivity contribution < 1.29 is 0 Å². The molecule has 3 atom stereocenters. The highest BCUT2D eigenvalue weighted by molar-refractivity contribution is 5.10. The highest BCUT2D eigenvalue weighted by Gasteiger charge is 2.34. The molecule has 4 nitrogen and oxygen atoms in total. The molecular weight excluding hydrogens is 200 g/mol. The zero-order chi connectivity index (χ0) is 11.0. The molecule has 0 saturated heterocycles. The maximum Gasteiger partial charge on any atom is 0.164 e. The van der Waals surface area contributed by atoms with Crippen LogP contribution in [-0.2, 0) is 6.54 Å². The number of nitrogens with one attached hydrogen (secondary N) is 2. The Hall–Kier alpha value is -1.16. The van der Waals surface area contributed by atoms with E-state index in [4.69, 9.17) is 0 Å². The number of aryl methyl sites for hydroxylation is 1. The molecule has 0 aliphatic heterocycles. The largest absolute Gasteiger partial charge is 0.309 e. The van der Waals surface area contributed by atoms with Crippen LogP contribution in [0.2, 0.25) is 0 Å². The number of allylic oxidation sites excluding steroid dienone is 2. The molecule has 2 aliphatic carbocycles. The molecule has 1 fully saturated rings. The first-order chi connectivity index (χ1) is 7.81. The summed E-state index contributed by atoms with van der Waals surface area (Å²) in [6, 6.07) is 0. The van der Waals surface area contributed by atoms with Crippen molar-refractivity contribution in [2.45, 2.75) is 26.3 Å². The summed E-state index contributed by atoms with van der Waals surface area (Å²) < 4.78 is 0. The number of aromatic amines is 1. The quantitative estimate of drug-likeness (QED) is 0.751. The lowest BCUT2D eigenvalue weighted by molar-refractivity contribution is 0.412. The molecule has 0 radical (unpaired) electrons. The summed E-state index contributed by atoms with van der Waals surface area (Å²) in [5, 5.41) is 10.4. The predicted octanol–water partition coefficient (Wildman–Crippen LogP) is 1.41. The fourth-order valence-corrected chi connectivity index (χ4v) is 2.97. The number of fused-ring (bicyclic) bond motifs is 2. The van der Waals surface area contributed by atoms with E-state index >= 15 is 0 Å². The van der Waals surface area contributed by atoms with E-state index in [0.717, 1.165) is 42.5 Å². The van der Waals surface area contributed by atoms with Gasteiger partial charge >= 0.3 is 0 Å². The SMILES string of the molecule is Cc1nc(CNCC2CC3C=CC2C3)n[nH]1. The van der Waals surface area contributed by atoms with Crippen LogP contribution in [-0.4, -0.2) is 21.7 Å². The summed E-state index contributed by atoms with van der Waals surface area (Å²) >= 11 is 0. The van der Waals surface area contributed by atoms with Gasteiger partial charge in [-0.3, -0.25) is 5.10 Å². The molecule has 2 aliphatic rings. The van der Waals surface area contributed by atoms with Crippen molar-refractivity contribution in [1.29, 1.82) is 0 Å². The van der Waals surface area contributed by atoms with Crippen molar-refractivity contribution in [3.63, 3.8) is 0 Å². The van der Waals surface area contributed by atoms with Crippen molar-refractivity contribution in [3.8, 4) is 0 Å². The average Bonchev–Trinajstić information content (AvgIpc) is 2.94. The first kappa shape index (κ1) is 10.0. The van der Waals surface area contributed by atoms with Gasteiger partial charge in [-0.1, -0.05) is 12.2 Å². The van der Waals surface area contributed by atoms with Gasteiger partial charge in [-0.2, -0.15) is 5.10 Å². The number of aromatic nitrogens is 3. The van der Waals surface area contributed by atoms with Gasteiger partial charge < -0.3 is 5.32 Å². The fraction of sp³-hybridized carbons (Fsp3) is 0.667. The summed E-state index contributed by atoms with van der Waals surface area (Å²) in [6.45, 7) is 3.80. The third kappa shape index (κ3) is 1.89. The lowest BCUT2D eigenvalue weighted by Crippen LogP contribution is -2.25. The van der Waals surface area contributed by atoms with Gasteiger partial charge in [0, 0.05) is 0 Å². The summed E-state index contributed by atoms with van der Waals surface area (Å²) in [6.07, 6.45) is 7.53. The summed E-state index contributed by atoms with van der Waals surface area (Å²) in [7, 11) is 0. The number of nitrogens with zero attached hydrogens (tertiary/aromatic N) is 2. The Kier molecular flexibility index (Phi) is 2.52. The monoisotopic (exact) mass is 218 g/mol. The normalized spacial score (nSPS) is 31.4. The molecule has 0 amide bonds. The predicted molar refractivity (Wildman–Crippen MR) is 61.7 cm³/mol. The van der Waals surface area contributed by atoms with Crippen LogP contribution in [0.4, 0.5) is 0 Å². The van der Waals surface area contributed by atoms with Crippen LogP contribution in [0, 0.1) is 24.7 Å². The molecule has 0 aromatic carbocycles. The number of hydrogen-bond donors (Lipinski definition) is 2. The number of rotatable bonds is 4. The first-order valence-corrected chi connectivity index (χ1v) is 6.08. The first-order valence-electron chi connectivity index (χ1n) is 6.08. The van der Waals surface area contributed by atoms with Gasteiger partial charge in [0.2, 0.25) is 0 Å². The van der Waals surface area contributed by atoms with Crippen molar-refractivity contribution in [2.24, 2.45) is 17.8 Å². The lowest BCUT2D eigenvalue weighted by Gasteiger charge is -2.17. The van der Waals surface area contributed by atoms with Gasteiger partial charge in [-0.15, -0.1) is 0 Å². The third-order valence-corrected chi connectivity index (χ3v) is 3.75. The molecule has 1 heterocycles. The van der Waals surface area contributed by atoms with Crippen LogP contribution >= 0.6 is 0 Å². The van der Waals surface area contributed by atoms with E-state index in [-0.39, 0.29) is 0 Å². The Balaban J connectivity index is 1.46. The number of H-pyrrole nitrogens is 1. The molecule has 1 saturated carbocycles. The van der Waals surface area contributed by atoms with Crippen LogP contribution in [0.5, 0.6) is 0 Å². The third-order valence-electron chi connectivity index (χ3n) is 3.75. The topological polar surface area (TPSA) is 53.6 Å². The summed E-state index contributed by atoms with van der Waals surface area (Å²) in [5.41, 5.74) is 0. The molecule has 16 heavy (non-hydrogen) atoms. The zero-order valence-corrected chi connectivity index (χ0v) is 9.61. The Morgan fingerprint density at radius 1 is 1.44 bits per heavy atom. The second kappa shape index (κ2) is 4.01. The van der Waals surface area contributed by atoms with E-state index in [9.17, 15) is 0 Å². The van der Waals surface area contributed by atoms with Gasteiger partial charge in [-0.25, -0.2) is 4.98 Å². The van der Waals surface area contributed by atoms with Gasteiger partial charge in [0.15, 0.2) is 5.82 Å². The van der Waals surface area contributed by atoms with E-state index in [1.165, 1.54) is 12.8 Å². The molecular formula is C12H18N4. The fourth-order valence-electron chi connectivity index (χ4n) is 2.97. The van der Waals surface area contributed by atoms with Gasteiger partial charge in [-0.05, 0) is 44.1 Å². The standard InChI is InChI=1S/C12H18N4/c1-8-14-12(16-15-8)7-13-6-11-5-9-2-3-10(11)4-9/h2-3,9-11,13H,4-7H2,1H3,(H,14,15,16). The molecule has 4 heteroatoms. The highest BCUT2D eigenvalue weighted by atomic mass is 15.2. The second-order valence-electron chi connectivity index (χ2n) is 5.01. The Labute approximate surface area is 95.5 Å². The van der Waals surface area contributed by atoms with E-state index in [1.54, 1.807) is 0 Å². The molecule has 1 aromatic heterocycles. The van der Waals surface area contributed by atoms with E-state index < -0.39 is 0 Å². The molecule has 3 rings (SSSR count). The minimum Gasteiger partial charge on any atom is -0.309 e. The molecule has 2 N–H and O–H groups in total. The van der Waals surface area contributed by atoms with E-state index in [0.29, 0.717) is 0 Å². The van der Waals surface area contributed by atoms with Crippen LogP contribution in [0.25, 0.3) is 0 Å². The molecule has 3 unspecified atom stereocenters. The van der Waals surface area contributed by atoms with Gasteiger partial charge in [0.05, 0.1) is 6.54 Å². The van der Waals surface area contributed by atoms with Crippen molar-refractivity contribution in [1.82, 2.24) is 20.5 Å². The van der Waals surface area contributed by atoms with Crippen LogP contribution in [0.15, 0.2) is 12.2 Å². The maximum atomic E-state index is 4.28. The molecule has 86 valence electrons. The number of hydrogen-bond acceptors (Lipinski definition) is 3. The van der Waals surface area contributed by atoms with Crippen LogP contribution in [0.1, 0.15) is 24.5 Å². The molecule has 0 spiro atoms. The van der Waals surface area contributed by atoms with Gasteiger partial charge in [0.25, 0.3) is 0 Å². The Morgan fingerprint density at radius 2 is 2.38 bits per heavy atom. The lowest BCUT2D eigenvalue weighted by atomic mass is 9.94. The molecule has 2 bridgehead atoms.